The van der Waals surface area contributed by atoms with Crippen LogP contribution in [0.15, 0.2) is 42.6 Å². The minimum Gasteiger partial charge on any atom is -0.351 e. The predicted molar refractivity (Wildman–Crippen MR) is 89.5 cm³/mol. The van der Waals surface area contributed by atoms with Crippen LogP contribution in [0.4, 0.5) is 0 Å². The number of fused-ring (bicyclic) bond motifs is 1. The topological polar surface area (TPSA) is 62.7 Å². The quantitative estimate of drug-likeness (QED) is 0.687. The Morgan fingerprint density at radius 2 is 2.17 bits per heavy atom. The number of carbonyl (C=O) groups excluding carboxylic acids is 1. The molecule has 1 amide bonds. The lowest BCUT2D eigenvalue weighted by Crippen LogP contribution is -2.25. The van der Waals surface area contributed by atoms with E-state index in [0.717, 1.165) is 18.7 Å². The van der Waals surface area contributed by atoms with E-state index in [2.05, 4.69) is 50.5 Å². The first-order valence-corrected chi connectivity index (χ1v) is 8.18. The van der Waals surface area contributed by atoms with E-state index in [-0.39, 0.29) is 5.91 Å². The van der Waals surface area contributed by atoms with Crippen LogP contribution in [0.5, 0.6) is 0 Å². The number of hydrogen-bond donors (Lipinski definition) is 2. The zero-order chi connectivity index (χ0) is 15.6. The van der Waals surface area contributed by atoms with Crippen LogP contribution >= 0.6 is 0 Å². The van der Waals surface area contributed by atoms with Crippen molar-refractivity contribution in [3.8, 4) is 0 Å². The second-order valence-electron chi connectivity index (χ2n) is 6.16. The maximum atomic E-state index is 12.1. The second-order valence-corrected chi connectivity index (χ2v) is 6.16. The Hall–Kier alpha value is -2.56. The third-order valence-electron chi connectivity index (χ3n) is 4.39. The molecule has 0 radical (unpaired) electrons. The zero-order valence-corrected chi connectivity index (χ0v) is 13.0. The Bertz CT molecular complexity index is 828. The summed E-state index contributed by atoms with van der Waals surface area (Å²) < 4.78 is 2.22. The minimum atomic E-state index is -0.0921. The smallest absolute Gasteiger partial charge is 0.271 e. The Labute approximate surface area is 134 Å². The lowest BCUT2D eigenvalue weighted by molar-refractivity contribution is 0.0948. The molecule has 2 heterocycles. The van der Waals surface area contributed by atoms with Crippen LogP contribution in [-0.4, -0.2) is 27.2 Å². The Kier molecular flexibility index (Phi) is 3.61. The molecule has 2 aromatic heterocycles. The first kappa shape index (κ1) is 14.1. The van der Waals surface area contributed by atoms with Crippen molar-refractivity contribution in [2.45, 2.75) is 31.7 Å². The largest absolute Gasteiger partial charge is 0.351 e. The Morgan fingerprint density at radius 1 is 1.30 bits per heavy atom. The summed E-state index contributed by atoms with van der Waals surface area (Å²) in [5.41, 5.74) is 2.83. The molecule has 5 heteroatoms. The Morgan fingerprint density at radius 3 is 3.04 bits per heavy atom. The van der Waals surface area contributed by atoms with Gasteiger partial charge >= 0.3 is 0 Å². The van der Waals surface area contributed by atoms with Gasteiger partial charge in [-0.1, -0.05) is 18.2 Å². The monoisotopic (exact) mass is 308 g/mol. The number of nitrogens with zero attached hydrogens (tertiary/aromatic N) is 2. The number of aryl methyl sites for hydroxylation is 1. The lowest BCUT2D eigenvalue weighted by atomic mass is 10.2. The predicted octanol–water partition coefficient (Wildman–Crippen LogP) is 3.06. The van der Waals surface area contributed by atoms with Gasteiger partial charge in [-0.05, 0) is 42.8 Å². The van der Waals surface area contributed by atoms with Gasteiger partial charge in [0.1, 0.15) is 5.69 Å². The summed E-state index contributed by atoms with van der Waals surface area (Å²) >= 11 is 0. The molecule has 1 aromatic carbocycles. The van der Waals surface area contributed by atoms with Crippen LogP contribution in [0, 0.1) is 0 Å². The van der Waals surface area contributed by atoms with Crippen LogP contribution in [0.1, 0.15) is 41.4 Å². The van der Waals surface area contributed by atoms with E-state index in [9.17, 15) is 4.79 Å². The van der Waals surface area contributed by atoms with Crippen molar-refractivity contribution in [1.82, 2.24) is 20.1 Å². The zero-order valence-electron chi connectivity index (χ0n) is 13.0. The number of hydrogen-bond acceptors (Lipinski definition) is 2. The van der Waals surface area contributed by atoms with Gasteiger partial charge in [-0.25, -0.2) is 0 Å². The summed E-state index contributed by atoms with van der Waals surface area (Å²) in [7, 11) is 0. The molecule has 1 aliphatic rings. The molecule has 0 unspecified atom stereocenters. The van der Waals surface area contributed by atoms with Gasteiger partial charge in [0.25, 0.3) is 5.91 Å². The van der Waals surface area contributed by atoms with E-state index in [4.69, 9.17) is 0 Å². The highest BCUT2D eigenvalue weighted by Crippen LogP contribution is 2.38. The van der Waals surface area contributed by atoms with Gasteiger partial charge in [-0.3, -0.25) is 9.89 Å². The van der Waals surface area contributed by atoms with E-state index in [1.165, 1.54) is 23.7 Å². The van der Waals surface area contributed by atoms with E-state index in [1.807, 2.05) is 12.1 Å². The molecular weight excluding hydrogens is 288 g/mol. The maximum absolute atomic E-state index is 12.1. The van der Waals surface area contributed by atoms with Gasteiger partial charge < -0.3 is 9.88 Å². The molecule has 0 saturated heterocycles. The third kappa shape index (κ3) is 2.99. The second kappa shape index (κ2) is 5.91. The van der Waals surface area contributed by atoms with E-state index in [1.54, 1.807) is 0 Å². The fourth-order valence-electron chi connectivity index (χ4n) is 2.93. The summed E-state index contributed by atoms with van der Waals surface area (Å²) in [6, 6.07) is 12.3. The molecular formula is C18H20N4O. The molecule has 0 aliphatic heterocycles. The average molecular weight is 308 g/mol. The molecule has 0 spiro atoms. The summed E-state index contributed by atoms with van der Waals surface area (Å²) in [5.74, 6) is 0.497. The molecule has 1 fully saturated rings. The van der Waals surface area contributed by atoms with E-state index >= 15 is 0 Å². The number of amides is 1. The normalized spacial score (nSPS) is 14.3. The van der Waals surface area contributed by atoms with Crippen molar-refractivity contribution in [2.24, 2.45) is 0 Å². The summed E-state index contributed by atoms with van der Waals surface area (Å²) in [4.78, 5) is 12.1. The first-order valence-electron chi connectivity index (χ1n) is 8.18. The van der Waals surface area contributed by atoms with Crippen LogP contribution < -0.4 is 5.32 Å². The lowest BCUT2D eigenvalue weighted by Gasteiger charge is -2.06. The molecule has 0 atom stereocenters. The van der Waals surface area contributed by atoms with Crippen molar-refractivity contribution in [2.75, 3.05) is 6.54 Å². The van der Waals surface area contributed by atoms with Crippen LogP contribution in [0.3, 0.4) is 0 Å². The number of nitrogens with one attached hydrogen (secondary N) is 2. The number of aromatic amines is 1. The van der Waals surface area contributed by atoms with Crippen molar-refractivity contribution in [3.05, 3.63) is 54.0 Å². The first-order chi connectivity index (χ1) is 11.3. The fraction of sp³-hybridized carbons (Fsp3) is 0.333. The van der Waals surface area contributed by atoms with Gasteiger partial charge in [0.15, 0.2) is 0 Å². The standard InChI is InChI=1S/C18H20N4O/c23-18(16-12-15(20-21-16)13-6-7-13)19-9-3-10-22-11-8-14-4-1-2-5-17(14)22/h1-2,4-5,8,11-13H,3,6-7,9-10H2,(H,19,23)(H,20,21). The summed E-state index contributed by atoms with van der Waals surface area (Å²) in [5, 5.41) is 11.3. The van der Waals surface area contributed by atoms with Crippen LogP contribution in [-0.2, 0) is 6.54 Å². The Balaban J connectivity index is 1.28. The third-order valence-corrected chi connectivity index (χ3v) is 4.39. The highest BCUT2D eigenvalue weighted by Gasteiger charge is 2.26. The van der Waals surface area contributed by atoms with Gasteiger partial charge in [-0.2, -0.15) is 5.10 Å². The maximum Gasteiger partial charge on any atom is 0.271 e. The van der Waals surface area contributed by atoms with Gasteiger partial charge in [0, 0.05) is 36.4 Å². The summed E-state index contributed by atoms with van der Waals surface area (Å²) in [6.07, 6.45) is 5.40. The van der Waals surface area contributed by atoms with Crippen molar-refractivity contribution in [1.29, 1.82) is 0 Å². The SMILES string of the molecule is O=C(NCCCn1ccc2ccccc21)c1cc(C2CC2)[nH]n1. The van der Waals surface area contributed by atoms with Crippen molar-refractivity contribution in [3.63, 3.8) is 0 Å². The van der Waals surface area contributed by atoms with Gasteiger partial charge in [-0.15, -0.1) is 0 Å². The van der Waals surface area contributed by atoms with Crippen molar-refractivity contribution < 1.29 is 4.79 Å². The van der Waals surface area contributed by atoms with E-state index < -0.39 is 0 Å². The number of carbonyl (C=O) groups is 1. The van der Waals surface area contributed by atoms with Gasteiger partial charge in [0.05, 0.1) is 0 Å². The average Bonchev–Trinajstić information content (AvgIpc) is 3.17. The molecule has 23 heavy (non-hydrogen) atoms. The number of para-hydroxylation sites is 1. The number of aromatic nitrogens is 3. The highest BCUT2D eigenvalue weighted by molar-refractivity contribution is 5.92. The summed E-state index contributed by atoms with van der Waals surface area (Å²) in [6.45, 7) is 1.54. The van der Waals surface area contributed by atoms with Crippen LogP contribution in [0.25, 0.3) is 10.9 Å². The molecule has 118 valence electrons. The number of H-pyrrole nitrogens is 1. The molecule has 4 rings (SSSR count). The molecule has 3 aromatic rings. The highest BCUT2D eigenvalue weighted by atomic mass is 16.1. The van der Waals surface area contributed by atoms with Crippen LogP contribution in [0.2, 0.25) is 0 Å². The van der Waals surface area contributed by atoms with E-state index in [0.29, 0.717) is 18.2 Å². The molecule has 5 nitrogen and oxygen atoms in total. The molecule has 2 N–H and O–H groups in total. The molecule has 1 aliphatic carbocycles. The van der Waals surface area contributed by atoms with Crippen molar-refractivity contribution >= 4 is 16.8 Å². The molecule has 0 bridgehead atoms. The fourth-order valence-corrected chi connectivity index (χ4v) is 2.93. The number of rotatable bonds is 6. The molecule has 1 saturated carbocycles. The van der Waals surface area contributed by atoms with Gasteiger partial charge in [0.2, 0.25) is 0 Å². The minimum absolute atomic E-state index is 0.0921. The number of benzene rings is 1.